The quantitative estimate of drug-likeness (QED) is 0.166. The number of nitrogens with one attached hydrogen (secondary N) is 1. The van der Waals surface area contributed by atoms with Gasteiger partial charge in [0.1, 0.15) is 11.4 Å². The molecule has 0 bridgehead atoms. The number of hydrogen-bond donors (Lipinski definition) is 1. The Hall–Kier alpha value is -0.500. The summed E-state index contributed by atoms with van der Waals surface area (Å²) in [7, 11) is 0. The van der Waals surface area contributed by atoms with Crippen molar-refractivity contribution < 1.29 is 19.1 Å². The number of rotatable bonds is 14. The van der Waals surface area contributed by atoms with Crippen LogP contribution in [0.25, 0.3) is 0 Å². The van der Waals surface area contributed by atoms with Gasteiger partial charge in [0.25, 0.3) is 0 Å². The van der Waals surface area contributed by atoms with Gasteiger partial charge in [0.15, 0.2) is 5.78 Å². The maximum Gasteiger partial charge on any atom is 0.226 e. The second kappa shape index (κ2) is 11.1. The number of carbonyl (C=O) groups is 3. The second-order valence-corrected chi connectivity index (χ2v) is 17.4. The van der Waals surface area contributed by atoms with E-state index in [4.69, 9.17) is 4.74 Å². The third-order valence-corrected chi connectivity index (χ3v) is 9.21. The third kappa shape index (κ3) is 10.1. The Labute approximate surface area is 229 Å². The van der Waals surface area contributed by atoms with Crippen molar-refractivity contribution in [1.82, 2.24) is 5.32 Å². The Morgan fingerprint density at radius 3 is 1.57 bits per heavy atom. The van der Waals surface area contributed by atoms with Gasteiger partial charge in [0, 0.05) is 25.2 Å². The van der Waals surface area contributed by atoms with E-state index in [0.29, 0.717) is 19.4 Å². The topological polar surface area (TPSA) is 72.5 Å². The Morgan fingerprint density at radius 1 is 0.714 bits per heavy atom. The minimum Gasteiger partial charge on any atom is -0.368 e. The largest absolute Gasteiger partial charge is 0.368 e. The number of Topliss-reactive ketones (excluding diaryl/α,β-unsaturated/α-hetero) is 2. The second-order valence-electron chi connectivity index (χ2n) is 14.7. The molecule has 0 saturated heterocycles. The summed E-state index contributed by atoms with van der Waals surface area (Å²) in [6, 6.07) is 0. The Bertz CT molecular complexity index is 783. The molecule has 0 aliphatic rings. The van der Waals surface area contributed by atoms with Crippen molar-refractivity contribution in [3.8, 4) is 0 Å². The molecule has 0 radical (unpaired) electrons. The lowest BCUT2D eigenvalue weighted by Gasteiger charge is -2.43. The van der Waals surface area contributed by atoms with Crippen LogP contribution in [0.3, 0.4) is 0 Å². The first kappa shape index (κ1) is 34.5. The summed E-state index contributed by atoms with van der Waals surface area (Å²) in [5, 5.41) is 3.22. The molecule has 0 aromatic rings. The Morgan fingerprint density at radius 2 is 1.17 bits per heavy atom. The zero-order valence-electron chi connectivity index (χ0n) is 25.3. The molecular weight excluding hydrogens is 553 g/mol. The van der Waals surface area contributed by atoms with Crippen LogP contribution in [0.5, 0.6) is 0 Å². The van der Waals surface area contributed by atoms with Crippen molar-refractivity contribution in [1.29, 1.82) is 0 Å². The van der Waals surface area contributed by atoms with E-state index >= 15 is 0 Å². The van der Waals surface area contributed by atoms with Crippen LogP contribution in [0.15, 0.2) is 0 Å². The molecule has 206 valence electrons. The van der Waals surface area contributed by atoms with Crippen LogP contribution in [0, 0.1) is 21.7 Å². The fraction of sp³-hybridized carbons (Fsp3) is 0.897. The SMILES string of the molecule is CC(=O)C(C)(C)CC(C)(C)C(=O)C(C)(C)OCCC(C)(C)NC(=O)C(C)(C)CC(C)(C)C(C)(C)I. The molecule has 0 aromatic heterocycles. The van der Waals surface area contributed by atoms with E-state index in [1.807, 2.05) is 55.4 Å². The van der Waals surface area contributed by atoms with Crippen molar-refractivity contribution in [2.75, 3.05) is 6.61 Å². The standard InChI is InChI=1S/C29H54INO4/c1-20(32)23(2,3)18-24(4,5)21(33)28(12,13)35-17-16-27(10,11)31-22(34)25(6,7)19-26(8,9)29(14,15)30/h16-19H2,1-15H3,(H,31,34). The lowest BCUT2D eigenvalue weighted by atomic mass is 9.68. The Balaban J connectivity index is 5.19. The van der Waals surface area contributed by atoms with Crippen molar-refractivity contribution in [2.45, 2.75) is 138 Å². The van der Waals surface area contributed by atoms with E-state index in [9.17, 15) is 14.4 Å². The molecule has 0 aliphatic carbocycles. The molecule has 0 spiro atoms. The van der Waals surface area contributed by atoms with E-state index in [0.717, 1.165) is 6.42 Å². The highest BCUT2D eigenvalue weighted by Crippen LogP contribution is 2.46. The first-order valence-electron chi connectivity index (χ1n) is 12.8. The van der Waals surface area contributed by atoms with Crippen LogP contribution in [0.4, 0.5) is 0 Å². The molecule has 1 amide bonds. The highest BCUT2D eigenvalue weighted by Gasteiger charge is 2.45. The van der Waals surface area contributed by atoms with E-state index in [-0.39, 0.29) is 26.3 Å². The van der Waals surface area contributed by atoms with Crippen molar-refractivity contribution in [3.05, 3.63) is 0 Å². The molecule has 0 saturated carbocycles. The molecule has 0 rings (SSSR count). The maximum atomic E-state index is 13.4. The molecule has 0 fully saturated rings. The van der Waals surface area contributed by atoms with Gasteiger partial charge in [-0.1, -0.05) is 91.8 Å². The monoisotopic (exact) mass is 607 g/mol. The molecule has 0 atom stereocenters. The number of ether oxygens (including phenoxy) is 1. The van der Waals surface area contributed by atoms with Crippen LogP contribution in [0.2, 0.25) is 0 Å². The molecule has 6 heteroatoms. The van der Waals surface area contributed by atoms with Gasteiger partial charge in [-0.3, -0.25) is 14.4 Å². The predicted octanol–water partition coefficient (Wildman–Crippen LogP) is 7.32. The number of ketones is 2. The van der Waals surface area contributed by atoms with Crippen LogP contribution in [-0.2, 0) is 19.1 Å². The van der Waals surface area contributed by atoms with Crippen LogP contribution in [0.1, 0.15) is 123 Å². The van der Waals surface area contributed by atoms with Crippen LogP contribution in [-0.4, -0.2) is 38.6 Å². The summed E-state index contributed by atoms with van der Waals surface area (Å²) in [6.07, 6.45) is 1.80. The molecule has 1 N–H and O–H groups in total. The van der Waals surface area contributed by atoms with Crippen molar-refractivity contribution in [2.24, 2.45) is 21.7 Å². The summed E-state index contributed by atoms with van der Waals surface area (Å²) < 4.78 is 6.15. The van der Waals surface area contributed by atoms with Gasteiger partial charge < -0.3 is 10.1 Å². The first-order chi connectivity index (χ1) is 15.1. The smallest absolute Gasteiger partial charge is 0.226 e. The average Bonchev–Trinajstić information content (AvgIpc) is 2.57. The zero-order chi connectivity index (χ0) is 28.5. The Kier molecular flexibility index (Phi) is 10.9. The summed E-state index contributed by atoms with van der Waals surface area (Å²) in [5.41, 5.74) is -3.29. The van der Waals surface area contributed by atoms with Crippen molar-refractivity contribution in [3.63, 3.8) is 0 Å². The number of hydrogen-bond acceptors (Lipinski definition) is 4. The number of alkyl halides is 1. The molecule has 5 nitrogen and oxygen atoms in total. The number of halogens is 1. The number of carbonyl (C=O) groups excluding carboxylic acids is 3. The molecule has 0 heterocycles. The maximum absolute atomic E-state index is 13.4. The minimum atomic E-state index is -0.994. The molecule has 0 aliphatic heterocycles. The van der Waals surface area contributed by atoms with E-state index in [2.05, 4.69) is 55.6 Å². The van der Waals surface area contributed by atoms with Gasteiger partial charge >= 0.3 is 0 Å². The normalized spacial score (nSPS) is 14.6. The molecule has 0 aromatic carbocycles. The van der Waals surface area contributed by atoms with Gasteiger partial charge in [-0.15, -0.1) is 0 Å². The van der Waals surface area contributed by atoms with Crippen LogP contribution >= 0.6 is 22.6 Å². The summed E-state index contributed by atoms with van der Waals surface area (Å²) in [6.45, 7) is 29.9. The minimum absolute atomic E-state index is 0.0181. The molecular formula is C29H54INO4. The summed E-state index contributed by atoms with van der Waals surface area (Å²) in [4.78, 5) is 38.6. The third-order valence-electron chi connectivity index (χ3n) is 7.75. The number of amides is 1. The highest BCUT2D eigenvalue weighted by molar-refractivity contribution is 14.1. The van der Waals surface area contributed by atoms with E-state index in [1.165, 1.54) is 0 Å². The van der Waals surface area contributed by atoms with Gasteiger partial charge in [0.2, 0.25) is 5.91 Å². The summed E-state index contributed by atoms with van der Waals surface area (Å²) >= 11 is 2.46. The predicted molar refractivity (Wildman–Crippen MR) is 155 cm³/mol. The lowest BCUT2D eigenvalue weighted by Crippen LogP contribution is -2.52. The molecule has 0 unspecified atom stereocenters. The van der Waals surface area contributed by atoms with Crippen LogP contribution < -0.4 is 5.32 Å². The van der Waals surface area contributed by atoms with E-state index < -0.39 is 27.4 Å². The fourth-order valence-corrected chi connectivity index (χ4v) is 4.88. The van der Waals surface area contributed by atoms with E-state index in [1.54, 1.807) is 20.8 Å². The van der Waals surface area contributed by atoms with Gasteiger partial charge in [-0.25, -0.2) is 0 Å². The first-order valence-corrected chi connectivity index (χ1v) is 13.9. The average molecular weight is 608 g/mol. The lowest BCUT2D eigenvalue weighted by molar-refractivity contribution is -0.152. The fourth-order valence-electron chi connectivity index (χ4n) is 4.69. The highest BCUT2D eigenvalue weighted by atomic mass is 127. The van der Waals surface area contributed by atoms with Crippen molar-refractivity contribution >= 4 is 40.1 Å². The van der Waals surface area contributed by atoms with Gasteiger partial charge in [-0.2, -0.15) is 0 Å². The molecule has 35 heavy (non-hydrogen) atoms. The van der Waals surface area contributed by atoms with Gasteiger partial charge in [-0.05, 0) is 59.3 Å². The zero-order valence-corrected chi connectivity index (χ0v) is 27.5. The summed E-state index contributed by atoms with van der Waals surface area (Å²) in [5.74, 6) is 0.0769. The van der Waals surface area contributed by atoms with Gasteiger partial charge in [0.05, 0.1) is 6.61 Å².